The smallest absolute Gasteiger partial charge is 0.306 e. The van der Waals surface area contributed by atoms with Crippen molar-refractivity contribution in [1.29, 1.82) is 0 Å². The molecule has 3 aromatic rings. The lowest BCUT2D eigenvalue weighted by atomic mass is 9.87. The van der Waals surface area contributed by atoms with Gasteiger partial charge in [-0.3, -0.25) is 24.2 Å². The van der Waals surface area contributed by atoms with Gasteiger partial charge in [-0.1, -0.05) is 29.8 Å². The Kier molecular flexibility index (Phi) is 10.6. The van der Waals surface area contributed by atoms with Crippen molar-refractivity contribution in [2.24, 2.45) is 5.92 Å². The number of likely N-dealkylation sites (tertiary alicyclic amines) is 2. The molecule has 3 heterocycles. The molecular weight excluding hydrogens is 645 g/mol. The number of benzene rings is 2. The highest BCUT2D eigenvalue weighted by Gasteiger charge is 2.53. The number of Topliss-reactive ketones (excluding diaryl/α,β-unsaturated/α-hetero) is 1. The molecule has 1 aromatic heterocycles. The van der Waals surface area contributed by atoms with Crippen LogP contribution in [0.4, 0.5) is 10.1 Å². The zero-order chi connectivity index (χ0) is 33.1. The third-order valence-corrected chi connectivity index (χ3v) is 11.2. The second-order valence-corrected chi connectivity index (χ2v) is 14.1. The van der Waals surface area contributed by atoms with Crippen LogP contribution in [0.3, 0.4) is 0 Å². The summed E-state index contributed by atoms with van der Waals surface area (Å²) in [4.78, 5) is 43.7. The largest absolute Gasteiger partial charge is 0.481 e. The molecule has 252 valence electrons. The summed E-state index contributed by atoms with van der Waals surface area (Å²) in [5.74, 6) is -3.98. The molecule has 2 aliphatic heterocycles. The van der Waals surface area contributed by atoms with Crippen molar-refractivity contribution >= 4 is 56.4 Å². The standard InChI is InChI=1S/C35H41ClFN3O6S/c1-45-24-12-16-40(17-13-24)35(39-14-4-5-15-39,46-25-10-8-22(9-11-25)34(43)44)32(41)19-23-18-28(36)30(20-29(23)37)38-33(42)27-21-47-31-7-3-2-6-26(27)31/h2-3,6-7,18,20-22,24-25H,4-5,8-17,19H2,1H3,(H,38,42)(H,43,44)/t22-,25-,35?. The Labute approximate surface area is 283 Å². The molecule has 12 heteroatoms. The van der Waals surface area contributed by atoms with Gasteiger partial charge in [-0.15, -0.1) is 11.3 Å². The minimum absolute atomic E-state index is 0.0784. The number of thiophene rings is 1. The lowest BCUT2D eigenvalue weighted by Crippen LogP contribution is -2.69. The van der Waals surface area contributed by atoms with Crippen LogP contribution in [0.25, 0.3) is 10.1 Å². The minimum Gasteiger partial charge on any atom is -0.481 e. The molecule has 1 saturated carbocycles. The molecule has 1 unspecified atom stereocenters. The molecule has 0 radical (unpaired) electrons. The fourth-order valence-corrected chi connectivity index (χ4v) is 8.47. The molecule has 1 atom stereocenters. The van der Waals surface area contributed by atoms with Crippen LogP contribution < -0.4 is 5.32 Å². The number of ether oxygens (including phenoxy) is 2. The molecule has 2 saturated heterocycles. The number of amides is 1. The molecule has 3 fully saturated rings. The number of ketones is 1. The monoisotopic (exact) mass is 685 g/mol. The van der Waals surface area contributed by atoms with Crippen molar-refractivity contribution in [2.45, 2.75) is 75.8 Å². The van der Waals surface area contributed by atoms with Crippen LogP contribution in [-0.2, 0) is 25.5 Å². The summed E-state index contributed by atoms with van der Waals surface area (Å²) in [6.45, 7) is 2.45. The number of carboxylic acid groups (broad SMARTS) is 1. The number of rotatable bonds is 11. The first-order valence-electron chi connectivity index (χ1n) is 16.4. The number of anilines is 1. The Bertz CT molecular complexity index is 1610. The number of methoxy groups -OCH3 is 1. The van der Waals surface area contributed by atoms with E-state index in [-0.39, 0.29) is 40.7 Å². The number of carbonyl (C=O) groups excluding carboxylic acids is 2. The first-order chi connectivity index (χ1) is 22.7. The van der Waals surface area contributed by atoms with Crippen molar-refractivity contribution in [3.63, 3.8) is 0 Å². The summed E-state index contributed by atoms with van der Waals surface area (Å²) in [5, 5.41) is 15.0. The average molecular weight is 686 g/mol. The number of hydrogen-bond donors (Lipinski definition) is 2. The van der Waals surface area contributed by atoms with Crippen LogP contribution in [0.2, 0.25) is 5.02 Å². The third-order valence-electron chi connectivity index (χ3n) is 9.92. The van der Waals surface area contributed by atoms with Gasteiger partial charge in [-0.2, -0.15) is 0 Å². The molecule has 0 spiro atoms. The molecular formula is C35H41ClFN3O6S. The van der Waals surface area contributed by atoms with E-state index in [1.165, 1.54) is 23.5 Å². The van der Waals surface area contributed by atoms with Gasteiger partial charge in [0.25, 0.3) is 5.91 Å². The first-order valence-corrected chi connectivity index (χ1v) is 17.7. The van der Waals surface area contributed by atoms with E-state index in [1.807, 2.05) is 24.3 Å². The van der Waals surface area contributed by atoms with Crippen molar-refractivity contribution in [3.8, 4) is 0 Å². The number of carboxylic acids is 1. The van der Waals surface area contributed by atoms with E-state index >= 15 is 4.39 Å². The number of nitrogens with zero attached hydrogens (tertiary/aromatic N) is 2. The van der Waals surface area contributed by atoms with E-state index in [4.69, 9.17) is 21.1 Å². The molecule has 0 bridgehead atoms. The Morgan fingerprint density at radius 2 is 1.68 bits per heavy atom. The zero-order valence-electron chi connectivity index (χ0n) is 26.5. The number of carbonyl (C=O) groups is 3. The number of nitrogens with one attached hydrogen (secondary N) is 1. The quantitative estimate of drug-likeness (QED) is 0.233. The molecule has 2 N–H and O–H groups in total. The van der Waals surface area contributed by atoms with Gasteiger partial charge in [0.2, 0.25) is 5.85 Å². The van der Waals surface area contributed by atoms with Crippen LogP contribution in [-0.4, -0.2) is 83.9 Å². The Morgan fingerprint density at radius 3 is 2.36 bits per heavy atom. The minimum atomic E-state index is -1.43. The van der Waals surface area contributed by atoms with E-state index in [2.05, 4.69) is 15.1 Å². The summed E-state index contributed by atoms with van der Waals surface area (Å²) < 4.78 is 29.3. The number of hydrogen-bond acceptors (Lipinski definition) is 8. The summed E-state index contributed by atoms with van der Waals surface area (Å²) in [7, 11) is 1.69. The fraction of sp³-hybridized carbons (Fsp3) is 0.514. The van der Waals surface area contributed by atoms with Crippen molar-refractivity contribution in [1.82, 2.24) is 9.80 Å². The van der Waals surface area contributed by atoms with Gasteiger partial charge >= 0.3 is 5.97 Å². The highest BCUT2D eigenvalue weighted by molar-refractivity contribution is 7.17. The molecule has 1 aliphatic carbocycles. The van der Waals surface area contributed by atoms with Gasteiger partial charge in [0.05, 0.1) is 34.4 Å². The summed E-state index contributed by atoms with van der Waals surface area (Å²) in [6.07, 6.45) is 4.79. The topological polar surface area (TPSA) is 108 Å². The number of piperidine rings is 1. The van der Waals surface area contributed by atoms with E-state index < -0.39 is 29.5 Å². The Morgan fingerprint density at radius 1 is 1.00 bits per heavy atom. The Hall–Kier alpha value is -2.93. The first kappa shape index (κ1) is 34.0. The second kappa shape index (κ2) is 14.7. The van der Waals surface area contributed by atoms with Crippen LogP contribution in [0.1, 0.15) is 67.3 Å². The van der Waals surface area contributed by atoms with Gasteiger partial charge in [0.15, 0.2) is 5.78 Å². The maximum atomic E-state index is 15.8. The van der Waals surface area contributed by atoms with Gasteiger partial charge in [-0.25, -0.2) is 4.39 Å². The maximum Gasteiger partial charge on any atom is 0.306 e. The highest BCUT2D eigenvalue weighted by atomic mass is 35.5. The molecule has 9 nitrogen and oxygen atoms in total. The van der Waals surface area contributed by atoms with Crippen LogP contribution in [0.15, 0.2) is 41.8 Å². The lowest BCUT2D eigenvalue weighted by Gasteiger charge is -2.51. The number of fused-ring (bicyclic) bond motifs is 1. The van der Waals surface area contributed by atoms with E-state index in [0.29, 0.717) is 57.4 Å². The Balaban J connectivity index is 1.27. The van der Waals surface area contributed by atoms with Gasteiger partial charge in [0.1, 0.15) is 5.82 Å². The van der Waals surface area contributed by atoms with E-state index in [1.54, 1.807) is 12.5 Å². The van der Waals surface area contributed by atoms with E-state index in [9.17, 15) is 19.5 Å². The van der Waals surface area contributed by atoms with Crippen molar-refractivity contribution in [2.75, 3.05) is 38.6 Å². The summed E-state index contributed by atoms with van der Waals surface area (Å²) >= 11 is 8.07. The molecule has 2 aromatic carbocycles. The fourth-order valence-electron chi connectivity index (χ4n) is 7.29. The van der Waals surface area contributed by atoms with Gasteiger partial charge in [0, 0.05) is 55.2 Å². The average Bonchev–Trinajstić information content (AvgIpc) is 3.77. The van der Waals surface area contributed by atoms with Crippen LogP contribution >= 0.6 is 22.9 Å². The SMILES string of the molecule is COC1CCN(C(O[C@H]2CC[C@H](C(=O)O)CC2)(C(=O)Cc2cc(Cl)c(NC(=O)c3csc4ccccc34)cc2F)N2CCCC2)CC1. The number of aliphatic carboxylic acids is 1. The maximum absolute atomic E-state index is 15.8. The van der Waals surface area contributed by atoms with E-state index in [0.717, 1.165) is 35.8 Å². The van der Waals surface area contributed by atoms with Crippen molar-refractivity contribution < 1.29 is 33.4 Å². The van der Waals surface area contributed by atoms with Crippen LogP contribution in [0, 0.1) is 11.7 Å². The second-order valence-electron chi connectivity index (χ2n) is 12.8. The van der Waals surface area contributed by atoms with Crippen molar-refractivity contribution in [3.05, 3.63) is 63.7 Å². The predicted molar refractivity (Wildman–Crippen MR) is 180 cm³/mol. The summed E-state index contributed by atoms with van der Waals surface area (Å²) in [6, 6.07) is 10.1. The summed E-state index contributed by atoms with van der Waals surface area (Å²) in [5.41, 5.74) is 0.718. The molecule has 6 rings (SSSR count). The molecule has 1 amide bonds. The lowest BCUT2D eigenvalue weighted by molar-refractivity contribution is -0.261. The highest BCUT2D eigenvalue weighted by Crippen LogP contribution is 2.38. The molecule has 47 heavy (non-hydrogen) atoms. The number of halogens is 2. The predicted octanol–water partition coefficient (Wildman–Crippen LogP) is 6.58. The normalized spacial score (nSPS) is 22.7. The molecule has 3 aliphatic rings. The van der Waals surface area contributed by atoms with Gasteiger partial charge < -0.3 is 19.9 Å². The zero-order valence-corrected chi connectivity index (χ0v) is 28.1. The van der Waals surface area contributed by atoms with Gasteiger partial charge in [-0.05, 0) is 75.1 Å². The third kappa shape index (κ3) is 7.11. The van der Waals surface area contributed by atoms with Crippen LogP contribution in [0.5, 0.6) is 0 Å².